The van der Waals surface area contributed by atoms with Gasteiger partial charge in [-0.2, -0.15) is 0 Å². The van der Waals surface area contributed by atoms with Crippen LogP contribution in [0.3, 0.4) is 0 Å². The summed E-state index contributed by atoms with van der Waals surface area (Å²) in [5.74, 6) is -0.265. The van der Waals surface area contributed by atoms with E-state index in [0.29, 0.717) is 30.5 Å². The number of allylic oxidation sites excluding steroid dienone is 5. The third-order valence-corrected chi connectivity index (χ3v) is 4.90. The number of carbonyl (C=O) groups excluding carboxylic acids is 1. The van der Waals surface area contributed by atoms with Crippen molar-refractivity contribution < 1.29 is 19.7 Å². The molecular weight excluding hydrogens is 304 g/mol. The number of unbranched alkanes of at least 4 members (excludes halogenated alkanes) is 1. The molecule has 1 heterocycles. The number of hydrogen-bond donors (Lipinski definition) is 1. The lowest BCUT2D eigenvalue weighted by Gasteiger charge is -2.23. The average molecular weight is 333 g/mol. The summed E-state index contributed by atoms with van der Waals surface area (Å²) in [4.78, 5) is 10.3. The number of hydrogen-bond acceptors (Lipinski definition) is 4. The average Bonchev–Trinajstić information content (AvgIpc) is 3.24. The van der Waals surface area contributed by atoms with Gasteiger partial charge in [0.25, 0.3) is 0 Å². The molecule has 0 unspecified atom stereocenters. The molecule has 1 aliphatic heterocycles. The van der Waals surface area contributed by atoms with E-state index in [2.05, 4.69) is 30.4 Å². The van der Waals surface area contributed by atoms with Gasteiger partial charge in [-0.3, -0.25) is 0 Å². The maximum absolute atomic E-state index is 10.3. The molecule has 1 saturated heterocycles. The van der Waals surface area contributed by atoms with Crippen molar-refractivity contribution in [1.82, 2.24) is 0 Å². The molecule has 2 aliphatic rings. The SMILES string of the molecule is CC[C@H](O)[C@@H]1C[C@@H]2O[C@@H]2[C@H]1/C=C\C/C=C\C/C=C\CCCC(=O)[O-]. The van der Waals surface area contributed by atoms with Gasteiger partial charge in [-0.25, -0.2) is 0 Å². The van der Waals surface area contributed by atoms with Gasteiger partial charge in [0.2, 0.25) is 0 Å². The van der Waals surface area contributed by atoms with E-state index in [1.165, 1.54) is 0 Å². The topological polar surface area (TPSA) is 72.9 Å². The van der Waals surface area contributed by atoms with E-state index in [-0.39, 0.29) is 12.5 Å². The van der Waals surface area contributed by atoms with Crippen molar-refractivity contribution in [3.05, 3.63) is 36.5 Å². The van der Waals surface area contributed by atoms with Crippen LogP contribution in [0.4, 0.5) is 0 Å². The molecule has 2 fully saturated rings. The molecule has 0 aromatic heterocycles. The summed E-state index contributed by atoms with van der Waals surface area (Å²) in [5.41, 5.74) is 0. The number of carboxylic acids is 1. The number of aliphatic hydroxyl groups is 1. The van der Waals surface area contributed by atoms with E-state index in [1.807, 2.05) is 13.0 Å². The van der Waals surface area contributed by atoms with Gasteiger partial charge < -0.3 is 19.7 Å². The minimum Gasteiger partial charge on any atom is -0.550 e. The monoisotopic (exact) mass is 333 g/mol. The summed E-state index contributed by atoms with van der Waals surface area (Å²) in [5, 5.41) is 20.4. The first-order valence-electron chi connectivity index (χ1n) is 9.13. The summed E-state index contributed by atoms with van der Waals surface area (Å²) in [6.07, 6.45) is 18.3. The highest BCUT2D eigenvalue weighted by Gasteiger charge is 2.55. The number of epoxide rings is 1. The van der Waals surface area contributed by atoms with Crippen molar-refractivity contribution in [3.8, 4) is 0 Å². The fourth-order valence-electron chi connectivity index (χ4n) is 3.49. The van der Waals surface area contributed by atoms with Gasteiger partial charge in [0.1, 0.15) is 0 Å². The molecule has 1 saturated carbocycles. The van der Waals surface area contributed by atoms with E-state index in [1.54, 1.807) is 0 Å². The van der Waals surface area contributed by atoms with Gasteiger partial charge in [0, 0.05) is 11.9 Å². The van der Waals surface area contributed by atoms with Crippen molar-refractivity contribution in [1.29, 1.82) is 0 Å². The van der Waals surface area contributed by atoms with E-state index in [0.717, 1.165) is 32.1 Å². The maximum atomic E-state index is 10.3. The Morgan fingerprint density at radius 1 is 1.25 bits per heavy atom. The molecular formula is C20H29O4-. The first kappa shape index (κ1) is 18.9. The van der Waals surface area contributed by atoms with E-state index in [9.17, 15) is 15.0 Å². The highest BCUT2D eigenvalue weighted by Crippen LogP contribution is 2.49. The standard InChI is InChI=1S/C20H30O4/c1-2-17(21)16-14-18-20(24-18)15(16)12-10-8-6-4-3-5-7-9-11-13-19(22)23/h4-7,10,12,15-18,20-21H,2-3,8-9,11,13-14H2,1H3,(H,22,23)/p-1/b6-4-,7-5-,12-10-/t15-,16+,17-,18-,20+/m0/s1. The molecule has 0 amide bonds. The van der Waals surface area contributed by atoms with E-state index in [4.69, 9.17) is 4.74 Å². The molecule has 24 heavy (non-hydrogen) atoms. The normalized spacial score (nSPS) is 30.4. The summed E-state index contributed by atoms with van der Waals surface area (Å²) < 4.78 is 5.62. The smallest absolute Gasteiger partial charge is 0.0908 e. The van der Waals surface area contributed by atoms with Gasteiger partial charge >= 0.3 is 0 Å². The Bertz CT molecular complexity index is 480. The first-order valence-corrected chi connectivity index (χ1v) is 9.13. The van der Waals surface area contributed by atoms with Crippen LogP contribution in [0.1, 0.15) is 51.9 Å². The van der Waals surface area contributed by atoms with Gasteiger partial charge in [-0.15, -0.1) is 0 Å². The number of carboxylic acid groups (broad SMARTS) is 1. The summed E-state index contributed by atoms with van der Waals surface area (Å²) in [6.45, 7) is 2.03. The minimum atomic E-state index is -0.978. The molecule has 5 atom stereocenters. The summed E-state index contributed by atoms with van der Waals surface area (Å²) >= 11 is 0. The highest BCUT2D eigenvalue weighted by molar-refractivity contribution is 5.64. The lowest BCUT2D eigenvalue weighted by molar-refractivity contribution is -0.305. The van der Waals surface area contributed by atoms with Crippen molar-refractivity contribution >= 4 is 5.97 Å². The summed E-state index contributed by atoms with van der Waals surface area (Å²) in [7, 11) is 0. The quantitative estimate of drug-likeness (QED) is 0.358. The molecule has 1 N–H and O–H groups in total. The Morgan fingerprint density at radius 2 is 1.96 bits per heavy atom. The van der Waals surface area contributed by atoms with Gasteiger partial charge in [0.15, 0.2) is 0 Å². The van der Waals surface area contributed by atoms with Crippen molar-refractivity contribution in [2.24, 2.45) is 11.8 Å². The molecule has 4 heteroatoms. The minimum absolute atomic E-state index is 0.130. The number of aliphatic carboxylic acids is 1. The lowest BCUT2D eigenvalue weighted by Crippen LogP contribution is -2.26. The molecule has 0 spiro atoms. The zero-order valence-corrected chi connectivity index (χ0v) is 14.5. The predicted molar refractivity (Wildman–Crippen MR) is 92.1 cm³/mol. The predicted octanol–water partition coefficient (Wildman–Crippen LogP) is 2.53. The van der Waals surface area contributed by atoms with Gasteiger partial charge in [-0.1, -0.05) is 43.4 Å². The van der Waals surface area contributed by atoms with Crippen molar-refractivity contribution in [2.75, 3.05) is 0 Å². The number of aliphatic hydroxyl groups excluding tert-OH is 1. The van der Waals surface area contributed by atoms with Crippen LogP contribution < -0.4 is 5.11 Å². The van der Waals surface area contributed by atoms with Crippen LogP contribution in [0.25, 0.3) is 0 Å². The fraction of sp³-hybridized carbons (Fsp3) is 0.650. The third kappa shape index (κ3) is 5.91. The lowest BCUT2D eigenvalue weighted by atomic mass is 9.88. The molecule has 1 aliphatic carbocycles. The van der Waals surface area contributed by atoms with Crippen LogP contribution >= 0.6 is 0 Å². The third-order valence-electron chi connectivity index (χ3n) is 4.90. The van der Waals surface area contributed by atoms with Crippen LogP contribution in [0, 0.1) is 11.8 Å². The largest absolute Gasteiger partial charge is 0.550 e. The van der Waals surface area contributed by atoms with Crippen LogP contribution in [-0.2, 0) is 9.53 Å². The van der Waals surface area contributed by atoms with Crippen LogP contribution in [-0.4, -0.2) is 29.4 Å². The van der Waals surface area contributed by atoms with Gasteiger partial charge in [0.05, 0.1) is 18.3 Å². The molecule has 134 valence electrons. The molecule has 0 aromatic carbocycles. The Hall–Kier alpha value is -1.39. The molecule has 2 rings (SSSR count). The van der Waals surface area contributed by atoms with Crippen molar-refractivity contribution in [3.63, 3.8) is 0 Å². The Labute approximate surface area is 144 Å². The van der Waals surface area contributed by atoms with Crippen LogP contribution in [0.15, 0.2) is 36.5 Å². The molecule has 4 nitrogen and oxygen atoms in total. The van der Waals surface area contributed by atoms with Crippen molar-refractivity contribution in [2.45, 2.75) is 70.2 Å². The summed E-state index contributed by atoms with van der Waals surface area (Å²) in [6, 6.07) is 0. The fourth-order valence-corrected chi connectivity index (χ4v) is 3.49. The zero-order chi connectivity index (χ0) is 17.4. The number of fused-ring (bicyclic) bond motifs is 1. The Morgan fingerprint density at radius 3 is 2.67 bits per heavy atom. The van der Waals surface area contributed by atoms with Gasteiger partial charge in [-0.05, 0) is 50.9 Å². The Balaban J connectivity index is 1.60. The highest BCUT2D eigenvalue weighted by atomic mass is 16.6. The molecule has 0 aromatic rings. The van der Waals surface area contributed by atoms with E-state index < -0.39 is 5.97 Å². The van der Waals surface area contributed by atoms with Crippen LogP contribution in [0.5, 0.6) is 0 Å². The number of carbonyl (C=O) groups is 1. The second-order valence-electron chi connectivity index (χ2n) is 6.70. The second kappa shape index (κ2) is 9.80. The maximum Gasteiger partial charge on any atom is 0.0908 e. The molecule has 0 bridgehead atoms. The number of ether oxygens (including phenoxy) is 1. The Kier molecular flexibility index (Phi) is 7.73. The van der Waals surface area contributed by atoms with Crippen LogP contribution in [0.2, 0.25) is 0 Å². The van der Waals surface area contributed by atoms with E-state index >= 15 is 0 Å². The number of rotatable bonds is 11. The first-order chi connectivity index (χ1) is 11.6. The molecule has 0 radical (unpaired) electrons. The second-order valence-corrected chi connectivity index (χ2v) is 6.70. The zero-order valence-electron chi connectivity index (χ0n) is 14.5.